The Morgan fingerprint density at radius 2 is 1.89 bits per heavy atom. The normalized spacial score (nSPS) is 9.67. The lowest BCUT2D eigenvalue weighted by atomic mass is 11.0. The molecule has 0 aromatic heterocycles. The van der Waals surface area contributed by atoms with Crippen molar-refractivity contribution in [2.24, 2.45) is 4.99 Å². The van der Waals surface area contributed by atoms with Crippen LogP contribution in [0.25, 0.3) is 0 Å². The zero-order chi connectivity index (χ0) is 7.28. The summed E-state index contributed by atoms with van der Waals surface area (Å²) in [5.74, 6) is 0. The molecule has 0 N–H and O–H groups in total. The summed E-state index contributed by atoms with van der Waals surface area (Å²) in [5, 5.41) is 0. The first-order valence-electron chi connectivity index (χ1n) is 2.69. The molecule has 3 heteroatoms. The maximum atomic E-state index is 3.91. The molecule has 0 aromatic carbocycles. The molecule has 0 spiro atoms. The molecule has 0 saturated carbocycles. The van der Waals surface area contributed by atoms with Gasteiger partial charge >= 0.3 is 0 Å². The second-order valence-corrected chi connectivity index (χ2v) is 2.10. The predicted octanol–water partition coefficient (Wildman–Crippen LogP) is -0.342. The molecule has 3 nitrogen and oxygen atoms in total. The Labute approximate surface area is 55.7 Å². The second kappa shape index (κ2) is 3.95. The molecule has 0 atom stereocenters. The molecule has 9 heavy (non-hydrogen) atoms. The molecule has 0 aromatic rings. The molecule has 0 fully saturated rings. The molecular weight excluding hydrogens is 114 g/mol. The number of hydrogen-bond donors (Lipinski definition) is 0. The Balaban J connectivity index is 3.74. The molecule has 0 heterocycles. The van der Waals surface area contributed by atoms with E-state index in [0.717, 1.165) is 0 Å². The molecule has 0 rings (SSSR count). The van der Waals surface area contributed by atoms with Gasteiger partial charge in [0.15, 0.2) is 0 Å². The second-order valence-electron chi connectivity index (χ2n) is 2.10. The van der Waals surface area contributed by atoms with Crippen LogP contribution in [-0.2, 0) is 0 Å². The van der Waals surface area contributed by atoms with Crippen molar-refractivity contribution in [2.45, 2.75) is 0 Å². The van der Waals surface area contributed by atoms with Gasteiger partial charge in [-0.2, -0.15) is 0 Å². The fourth-order valence-electron chi connectivity index (χ4n) is 0.277. The van der Waals surface area contributed by atoms with Crippen LogP contribution in [0.4, 0.5) is 0 Å². The van der Waals surface area contributed by atoms with E-state index in [2.05, 4.69) is 11.7 Å². The van der Waals surface area contributed by atoms with Gasteiger partial charge in [-0.15, -0.1) is 0 Å². The molecule has 0 aliphatic carbocycles. The van der Waals surface area contributed by atoms with Gasteiger partial charge in [-0.05, 0) is 4.99 Å². The number of rotatable bonds is 2. The van der Waals surface area contributed by atoms with E-state index in [9.17, 15) is 0 Å². The van der Waals surface area contributed by atoms with Gasteiger partial charge in [0, 0.05) is 0 Å². The fourth-order valence-corrected chi connectivity index (χ4v) is 0.277. The summed E-state index contributed by atoms with van der Waals surface area (Å²) in [6.45, 7) is 3.58. The Morgan fingerprint density at radius 3 is 2.22 bits per heavy atom. The summed E-state index contributed by atoms with van der Waals surface area (Å²) in [5.41, 5.74) is 0. The van der Waals surface area contributed by atoms with E-state index < -0.39 is 0 Å². The van der Waals surface area contributed by atoms with Gasteiger partial charge in [0.2, 0.25) is 0 Å². The lowest BCUT2D eigenvalue weighted by molar-refractivity contribution is -0.460. The number of nitrogens with zero attached hydrogens (tertiary/aromatic N) is 3. The van der Waals surface area contributed by atoms with Crippen LogP contribution >= 0.6 is 0 Å². The van der Waals surface area contributed by atoms with Crippen LogP contribution in [0.5, 0.6) is 0 Å². The summed E-state index contributed by atoms with van der Waals surface area (Å²) in [7, 11) is 5.66. The first-order valence-corrected chi connectivity index (χ1v) is 2.69. The average molecular weight is 127 g/mol. The van der Waals surface area contributed by atoms with E-state index in [1.54, 1.807) is 17.3 Å². The maximum absolute atomic E-state index is 3.91. The van der Waals surface area contributed by atoms with Crippen molar-refractivity contribution >= 4 is 19.4 Å². The van der Waals surface area contributed by atoms with Crippen LogP contribution in [0.2, 0.25) is 0 Å². The van der Waals surface area contributed by atoms with Crippen LogP contribution < -0.4 is 0 Å². The van der Waals surface area contributed by atoms with Crippen LogP contribution in [-0.4, -0.2) is 49.7 Å². The first kappa shape index (κ1) is 8.01. The molecule has 0 amide bonds. The summed E-state index contributed by atoms with van der Waals surface area (Å²) in [6.07, 6.45) is 3.35. The van der Waals surface area contributed by atoms with Gasteiger partial charge in [0.25, 0.3) is 12.7 Å². The third kappa shape index (κ3) is 7.01. The van der Waals surface area contributed by atoms with Crippen LogP contribution in [0.3, 0.4) is 0 Å². The van der Waals surface area contributed by atoms with Gasteiger partial charge in [-0.1, -0.05) is 0 Å². The summed E-state index contributed by atoms with van der Waals surface area (Å²) < 4.78 is 3.50. The summed E-state index contributed by atoms with van der Waals surface area (Å²) >= 11 is 0. The quantitative estimate of drug-likeness (QED) is 0.274. The van der Waals surface area contributed by atoms with E-state index in [-0.39, 0.29) is 0 Å². The Bertz CT molecular complexity index is 152. The van der Waals surface area contributed by atoms with Crippen molar-refractivity contribution in [1.29, 1.82) is 0 Å². The summed E-state index contributed by atoms with van der Waals surface area (Å²) in [6, 6.07) is 0. The van der Waals surface area contributed by atoms with Crippen LogP contribution in [0.1, 0.15) is 0 Å². The zero-order valence-corrected chi connectivity index (χ0v) is 6.20. The molecule has 0 bridgehead atoms. The largest absolute Gasteiger partial charge is 0.289 e. The van der Waals surface area contributed by atoms with E-state index in [4.69, 9.17) is 0 Å². The zero-order valence-electron chi connectivity index (χ0n) is 6.20. The Morgan fingerprint density at radius 1 is 1.33 bits per heavy atom. The van der Waals surface area contributed by atoms with Gasteiger partial charge in [0.1, 0.15) is 0 Å². The first-order chi connectivity index (χ1) is 4.13. The number of hydrogen-bond acceptors (Lipinski definition) is 0. The Hall–Kier alpha value is -0.990. The predicted molar refractivity (Wildman–Crippen MR) is 40.0 cm³/mol. The average Bonchev–Trinajstić information content (AvgIpc) is 1.63. The van der Waals surface area contributed by atoms with Crippen LogP contribution in [0.15, 0.2) is 4.99 Å². The highest BCUT2D eigenvalue weighted by atomic mass is 15.0. The SMILES string of the molecule is C=[N+](C)C=NC=[N+](C)C. The minimum atomic E-state index is 1.64. The van der Waals surface area contributed by atoms with E-state index in [1.807, 2.05) is 25.7 Å². The molecular formula is C6H13N3+2. The Kier molecular flexibility index (Phi) is 3.51. The third-order valence-corrected chi connectivity index (χ3v) is 0.561. The molecule has 0 unspecified atom stereocenters. The standard InChI is InChI=1S/C6H13N3/c1-8(2)5-7-6-9(3)4/h5-6H,1H2,2-4H3/q+2. The van der Waals surface area contributed by atoms with Crippen molar-refractivity contribution in [3.63, 3.8) is 0 Å². The van der Waals surface area contributed by atoms with Gasteiger partial charge < -0.3 is 0 Å². The topological polar surface area (TPSA) is 18.4 Å². The van der Waals surface area contributed by atoms with Crippen molar-refractivity contribution in [2.75, 3.05) is 21.1 Å². The van der Waals surface area contributed by atoms with Gasteiger partial charge in [0.05, 0.1) is 27.9 Å². The monoisotopic (exact) mass is 127 g/mol. The minimum Gasteiger partial charge on any atom is -0.270 e. The highest BCUT2D eigenvalue weighted by Gasteiger charge is 1.80. The van der Waals surface area contributed by atoms with Gasteiger partial charge in [-0.3, -0.25) is 4.58 Å². The lowest BCUT2D eigenvalue weighted by Crippen LogP contribution is -2.00. The van der Waals surface area contributed by atoms with E-state index in [0.29, 0.717) is 0 Å². The summed E-state index contributed by atoms with van der Waals surface area (Å²) in [4.78, 5) is 3.91. The molecule has 0 radical (unpaired) electrons. The van der Waals surface area contributed by atoms with Crippen molar-refractivity contribution < 1.29 is 9.15 Å². The minimum absolute atomic E-state index is 1.64. The maximum Gasteiger partial charge on any atom is 0.289 e. The third-order valence-electron chi connectivity index (χ3n) is 0.561. The molecule has 0 aliphatic heterocycles. The van der Waals surface area contributed by atoms with E-state index in [1.165, 1.54) is 0 Å². The van der Waals surface area contributed by atoms with Crippen molar-refractivity contribution in [3.8, 4) is 0 Å². The van der Waals surface area contributed by atoms with Crippen LogP contribution in [0, 0.1) is 0 Å². The van der Waals surface area contributed by atoms with E-state index >= 15 is 0 Å². The smallest absolute Gasteiger partial charge is 0.270 e. The fraction of sp³-hybridized carbons (Fsp3) is 0.500. The molecule has 0 saturated heterocycles. The molecule has 50 valence electrons. The van der Waals surface area contributed by atoms with Crippen molar-refractivity contribution in [1.82, 2.24) is 0 Å². The van der Waals surface area contributed by atoms with Crippen molar-refractivity contribution in [3.05, 3.63) is 0 Å². The highest BCUT2D eigenvalue weighted by Crippen LogP contribution is 1.57. The van der Waals surface area contributed by atoms with Gasteiger partial charge in [-0.25, -0.2) is 4.58 Å². The number of aliphatic imine (C=N–C) groups is 1. The lowest BCUT2D eigenvalue weighted by Gasteiger charge is -1.79. The molecule has 0 aliphatic rings. The highest BCUT2D eigenvalue weighted by molar-refractivity contribution is 5.64.